The molecule has 0 atom stereocenters. The van der Waals surface area contributed by atoms with Gasteiger partial charge < -0.3 is 0 Å². The highest BCUT2D eigenvalue weighted by Gasteiger charge is 2.13. The number of nitrogens with one attached hydrogen (secondary N) is 1. The Morgan fingerprint density at radius 2 is 1.77 bits per heavy atom. The van der Waals surface area contributed by atoms with Gasteiger partial charge in [-0.2, -0.15) is 5.10 Å². The quantitative estimate of drug-likeness (QED) is 0.428. The second kappa shape index (κ2) is 9.64. The van der Waals surface area contributed by atoms with Gasteiger partial charge in [-0.15, -0.1) is 5.10 Å². The van der Waals surface area contributed by atoms with Crippen molar-refractivity contribution in [2.45, 2.75) is 53.0 Å². The Morgan fingerprint density at radius 3 is 2.45 bits per heavy atom. The van der Waals surface area contributed by atoms with Gasteiger partial charge in [0.1, 0.15) is 5.82 Å². The smallest absolute Gasteiger partial charge is 0.180 e. The van der Waals surface area contributed by atoms with Crippen LogP contribution in [-0.2, 0) is 19.4 Å². The average Bonchev–Trinajstić information content (AvgIpc) is 3.43. The number of aromatic amines is 1. The zero-order chi connectivity index (χ0) is 21.6. The SMILES string of the molecule is CCCc1nc(Cc2ccc(-c3ccccc3-c3nnn[nH]3)cc2)n(CCC(C)C)n1. The second-order valence-electron chi connectivity index (χ2n) is 8.27. The first-order chi connectivity index (χ1) is 15.1. The molecule has 0 unspecified atom stereocenters. The maximum Gasteiger partial charge on any atom is 0.180 e. The van der Waals surface area contributed by atoms with Gasteiger partial charge in [0.2, 0.25) is 0 Å². The van der Waals surface area contributed by atoms with Gasteiger partial charge in [-0.3, -0.25) is 0 Å². The van der Waals surface area contributed by atoms with E-state index in [1.165, 1.54) is 5.56 Å². The molecule has 0 saturated carbocycles. The fraction of sp³-hybridized carbons (Fsp3) is 0.375. The molecule has 31 heavy (non-hydrogen) atoms. The van der Waals surface area contributed by atoms with Crippen LogP contribution >= 0.6 is 0 Å². The molecule has 4 aromatic rings. The largest absolute Gasteiger partial charge is 0.249 e. The molecule has 0 amide bonds. The molecule has 7 nitrogen and oxygen atoms in total. The predicted octanol–water partition coefficient (Wildman–Crippen LogP) is 4.71. The van der Waals surface area contributed by atoms with Crippen molar-refractivity contribution in [1.29, 1.82) is 0 Å². The van der Waals surface area contributed by atoms with Crippen molar-refractivity contribution in [1.82, 2.24) is 35.4 Å². The van der Waals surface area contributed by atoms with Gasteiger partial charge in [0, 0.05) is 24.9 Å². The van der Waals surface area contributed by atoms with Crippen LogP contribution in [0.3, 0.4) is 0 Å². The molecule has 4 rings (SSSR count). The summed E-state index contributed by atoms with van der Waals surface area (Å²) in [5.41, 5.74) is 4.43. The van der Waals surface area contributed by atoms with E-state index in [0.717, 1.165) is 60.6 Å². The molecule has 160 valence electrons. The molecule has 0 spiro atoms. The van der Waals surface area contributed by atoms with Crippen LogP contribution in [-0.4, -0.2) is 35.4 Å². The van der Waals surface area contributed by atoms with Crippen molar-refractivity contribution in [2.75, 3.05) is 0 Å². The number of aryl methyl sites for hydroxylation is 2. The zero-order valence-electron chi connectivity index (χ0n) is 18.4. The normalized spacial score (nSPS) is 11.4. The van der Waals surface area contributed by atoms with Crippen molar-refractivity contribution >= 4 is 0 Å². The minimum Gasteiger partial charge on any atom is -0.249 e. The first-order valence-electron chi connectivity index (χ1n) is 11.0. The maximum atomic E-state index is 4.83. The lowest BCUT2D eigenvalue weighted by Crippen LogP contribution is -2.08. The Labute approximate surface area is 182 Å². The molecule has 7 heteroatoms. The summed E-state index contributed by atoms with van der Waals surface area (Å²) in [6.07, 6.45) is 3.87. The van der Waals surface area contributed by atoms with Crippen LogP contribution in [0.1, 0.15) is 50.8 Å². The van der Waals surface area contributed by atoms with Crippen molar-refractivity contribution in [3.05, 3.63) is 65.7 Å². The molecule has 1 N–H and O–H groups in total. The van der Waals surface area contributed by atoms with Gasteiger partial charge in [-0.1, -0.05) is 69.3 Å². The number of benzene rings is 2. The van der Waals surface area contributed by atoms with Crippen LogP contribution in [0, 0.1) is 5.92 Å². The van der Waals surface area contributed by atoms with Gasteiger partial charge in [-0.05, 0) is 45.9 Å². The summed E-state index contributed by atoms with van der Waals surface area (Å²) in [7, 11) is 0. The van der Waals surface area contributed by atoms with Crippen LogP contribution in [0.15, 0.2) is 48.5 Å². The van der Waals surface area contributed by atoms with Crippen LogP contribution in [0.2, 0.25) is 0 Å². The molecule has 0 aliphatic rings. The van der Waals surface area contributed by atoms with Gasteiger partial charge in [0.05, 0.1) is 0 Å². The molecule has 0 saturated heterocycles. The lowest BCUT2D eigenvalue weighted by Gasteiger charge is -2.10. The van der Waals surface area contributed by atoms with Gasteiger partial charge >= 0.3 is 0 Å². The first-order valence-corrected chi connectivity index (χ1v) is 11.0. The van der Waals surface area contributed by atoms with Crippen LogP contribution in [0.5, 0.6) is 0 Å². The molecular weight excluding hydrogens is 386 g/mol. The topological polar surface area (TPSA) is 85.2 Å². The van der Waals surface area contributed by atoms with E-state index >= 15 is 0 Å². The van der Waals surface area contributed by atoms with E-state index in [1.54, 1.807) is 0 Å². The van der Waals surface area contributed by atoms with E-state index < -0.39 is 0 Å². The van der Waals surface area contributed by atoms with E-state index in [-0.39, 0.29) is 0 Å². The minimum absolute atomic E-state index is 0.644. The number of tetrazole rings is 1. The molecule has 0 fully saturated rings. The number of aromatic nitrogens is 7. The third-order valence-corrected chi connectivity index (χ3v) is 5.34. The molecule has 0 radical (unpaired) electrons. The number of hydrogen-bond donors (Lipinski definition) is 1. The van der Waals surface area contributed by atoms with Gasteiger partial charge in [-0.25, -0.2) is 14.8 Å². The van der Waals surface area contributed by atoms with Crippen molar-refractivity contribution in [3.8, 4) is 22.5 Å². The monoisotopic (exact) mass is 415 g/mol. The van der Waals surface area contributed by atoms with Gasteiger partial charge in [0.25, 0.3) is 0 Å². The van der Waals surface area contributed by atoms with E-state index in [4.69, 9.17) is 10.1 Å². The third kappa shape index (κ3) is 5.05. The Balaban J connectivity index is 1.56. The second-order valence-corrected chi connectivity index (χ2v) is 8.27. The summed E-state index contributed by atoms with van der Waals surface area (Å²) in [6, 6.07) is 16.8. The Hall–Kier alpha value is -3.35. The highest BCUT2D eigenvalue weighted by atomic mass is 15.5. The lowest BCUT2D eigenvalue weighted by molar-refractivity contribution is 0.474. The van der Waals surface area contributed by atoms with Crippen LogP contribution in [0.4, 0.5) is 0 Å². The molecule has 2 aromatic heterocycles. The summed E-state index contributed by atoms with van der Waals surface area (Å²) >= 11 is 0. The number of H-pyrrole nitrogens is 1. The highest BCUT2D eigenvalue weighted by Crippen LogP contribution is 2.30. The highest BCUT2D eigenvalue weighted by molar-refractivity contribution is 5.80. The van der Waals surface area contributed by atoms with E-state index in [1.807, 2.05) is 18.2 Å². The Kier molecular flexibility index (Phi) is 6.50. The average molecular weight is 416 g/mol. The molecule has 0 aliphatic heterocycles. The van der Waals surface area contributed by atoms with Crippen molar-refractivity contribution < 1.29 is 0 Å². The minimum atomic E-state index is 0.644. The Morgan fingerprint density at radius 1 is 1.00 bits per heavy atom. The summed E-state index contributed by atoms with van der Waals surface area (Å²) in [4.78, 5) is 4.83. The summed E-state index contributed by atoms with van der Waals surface area (Å²) in [5.74, 6) is 3.31. The summed E-state index contributed by atoms with van der Waals surface area (Å²) in [6.45, 7) is 7.57. The molecule has 0 bridgehead atoms. The standard InChI is InChI=1S/C24H29N7/c1-4-7-22-25-23(31(28-22)15-14-17(2)3)16-18-10-12-19(13-11-18)20-8-5-6-9-21(20)24-26-29-30-27-24/h5-6,8-13,17H,4,7,14-16H2,1-3H3,(H,26,27,29,30). The first kappa shape index (κ1) is 20.9. The summed E-state index contributed by atoms with van der Waals surface area (Å²) < 4.78 is 2.10. The van der Waals surface area contributed by atoms with Crippen LogP contribution < -0.4 is 0 Å². The maximum absolute atomic E-state index is 4.83. The lowest BCUT2D eigenvalue weighted by atomic mass is 9.98. The number of hydrogen-bond acceptors (Lipinski definition) is 5. The van der Waals surface area contributed by atoms with Crippen molar-refractivity contribution in [2.24, 2.45) is 5.92 Å². The van der Waals surface area contributed by atoms with E-state index in [2.05, 4.69) is 76.4 Å². The number of nitrogens with zero attached hydrogens (tertiary/aromatic N) is 6. The molecule has 2 heterocycles. The zero-order valence-corrected chi connectivity index (χ0v) is 18.4. The van der Waals surface area contributed by atoms with Crippen LogP contribution in [0.25, 0.3) is 22.5 Å². The third-order valence-electron chi connectivity index (χ3n) is 5.34. The summed E-state index contributed by atoms with van der Waals surface area (Å²) in [5, 5.41) is 19.1. The number of rotatable bonds is 9. The fourth-order valence-corrected chi connectivity index (χ4v) is 3.65. The predicted molar refractivity (Wildman–Crippen MR) is 121 cm³/mol. The van der Waals surface area contributed by atoms with Gasteiger partial charge in [0.15, 0.2) is 11.6 Å². The van der Waals surface area contributed by atoms with Crippen molar-refractivity contribution in [3.63, 3.8) is 0 Å². The molecular formula is C24H29N7. The Bertz CT molecular complexity index is 1100. The van der Waals surface area contributed by atoms with E-state index in [0.29, 0.717) is 11.7 Å². The molecule has 2 aromatic carbocycles. The fourth-order valence-electron chi connectivity index (χ4n) is 3.65. The van der Waals surface area contributed by atoms with E-state index in [9.17, 15) is 0 Å². The molecule has 0 aliphatic carbocycles.